The second kappa shape index (κ2) is 9.23. The van der Waals surface area contributed by atoms with Crippen LogP contribution in [0.25, 0.3) is 17.3 Å². The van der Waals surface area contributed by atoms with E-state index in [0.29, 0.717) is 24.1 Å². The molecule has 162 valence electrons. The number of rotatable bonds is 6. The SMILES string of the molecule is C=C(c1cc(C)c(/C(C)=C/C=C\c2ccccc2)c(F)c1CC)N1CC2CCC(C1)N2. The highest BCUT2D eigenvalue weighted by molar-refractivity contribution is 5.75. The summed E-state index contributed by atoms with van der Waals surface area (Å²) in [7, 11) is 0. The standard InChI is InChI=1S/C28H33FN2/c1-5-25-26(21(4)31-17-23-14-15-24(18-31)30-23)16-20(3)27(28(25)29)19(2)10-9-13-22-11-7-6-8-12-22/h6-13,16,23-24,30H,4-5,14-15,17-18H2,1-3H3/b13-9-,19-10+. The van der Waals surface area contributed by atoms with E-state index >= 15 is 4.39 Å². The third-order valence-electron chi connectivity index (χ3n) is 6.66. The summed E-state index contributed by atoms with van der Waals surface area (Å²) in [5.74, 6) is -0.0985. The second-order valence-corrected chi connectivity index (χ2v) is 8.87. The van der Waals surface area contributed by atoms with Crippen molar-refractivity contribution < 1.29 is 4.39 Å². The Morgan fingerprint density at radius 2 is 1.87 bits per heavy atom. The topological polar surface area (TPSA) is 15.3 Å². The van der Waals surface area contributed by atoms with Crippen LogP contribution >= 0.6 is 0 Å². The van der Waals surface area contributed by atoms with Crippen LogP contribution in [0.1, 0.15) is 54.5 Å². The van der Waals surface area contributed by atoms with Crippen molar-refractivity contribution in [3.63, 3.8) is 0 Å². The molecule has 2 nitrogen and oxygen atoms in total. The van der Waals surface area contributed by atoms with Gasteiger partial charge in [-0.15, -0.1) is 0 Å². The molecule has 0 saturated carbocycles. The Labute approximate surface area is 186 Å². The molecule has 2 fully saturated rings. The molecule has 2 aliphatic rings. The summed E-state index contributed by atoms with van der Waals surface area (Å²) in [6, 6.07) is 13.4. The summed E-state index contributed by atoms with van der Waals surface area (Å²) in [6.07, 6.45) is 9.15. The van der Waals surface area contributed by atoms with Crippen LogP contribution in [0.4, 0.5) is 4.39 Å². The molecule has 2 aromatic rings. The number of benzene rings is 2. The van der Waals surface area contributed by atoms with Crippen LogP contribution in [0, 0.1) is 12.7 Å². The van der Waals surface area contributed by atoms with E-state index in [4.69, 9.17) is 0 Å². The van der Waals surface area contributed by atoms with E-state index in [1.807, 2.05) is 57.2 Å². The van der Waals surface area contributed by atoms with Gasteiger partial charge in [0.25, 0.3) is 0 Å². The number of nitrogens with one attached hydrogen (secondary N) is 1. The molecule has 2 aromatic carbocycles. The van der Waals surface area contributed by atoms with Gasteiger partial charge in [-0.05, 0) is 61.4 Å². The van der Waals surface area contributed by atoms with Gasteiger partial charge in [0.1, 0.15) is 5.82 Å². The maximum absolute atomic E-state index is 15.8. The molecular weight excluding hydrogens is 383 g/mol. The molecular formula is C28H33FN2. The molecule has 2 saturated heterocycles. The maximum atomic E-state index is 15.8. The largest absolute Gasteiger partial charge is 0.368 e. The molecule has 4 rings (SSSR count). The quantitative estimate of drug-likeness (QED) is 0.562. The van der Waals surface area contributed by atoms with Gasteiger partial charge in [0.2, 0.25) is 0 Å². The van der Waals surface area contributed by atoms with Gasteiger partial charge < -0.3 is 10.2 Å². The Balaban J connectivity index is 1.62. The minimum Gasteiger partial charge on any atom is -0.368 e. The Hall–Kier alpha value is -2.65. The first-order chi connectivity index (χ1) is 15.0. The highest BCUT2D eigenvalue weighted by atomic mass is 19.1. The van der Waals surface area contributed by atoms with Gasteiger partial charge in [-0.3, -0.25) is 0 Å². The summed E-state index contributed by atoms with van der Waals surface area (Å²) < 4.78 is 15.8. The first kappa shape index (κ1) is 21.6. The van der Waals surface area contributed by atoms with Gasteiger partial charge in [0.05, 0.1) is 0 Å². The molecule has 0 aliphatic carbocycles. The number of piperazine rings is 1. The molecule has 0 spiro atoms. The minimum absolute atomic E-state index is 0.0985. The van der Waals surface area contributed by atoms with Crippen LogP contribution in [0.15, 0.2) is 55.1 Å². The van der Waals surface area contributed by atoms with Gasteiger partial charge in [0, 0.05) is 42.0 Å². The number of nitrogens with zero attached hydrogens (tertiary/aromatic N) is 1. The van der Waals surface area contributed by atoms with Crippen LogP contribution in [0.3, 0.4) is 0 Å². The zero-order valence-electron chi connectivity index (χ0n) is 18.9. The summed E-state index contributed by atoms with van der Waals surface area (Å²) in [5, 5.41) is 3.66. The lowest BCUT2D eigenvalue weighted by molar-refractivity contribution is 0.276. The van der Waals surface area contributed by atoms with Crippen LogP contribution in [0.5, 0.6) is 0 Å². The van der Waals surface area contributed by atoms with Gasteiger partial charge in [0.15, 0.2) is 0 Å². The van der Waals surface area contributed by atoms with Crippen LogP contribution in [0.2, 0.25) is 0 Å². The zero-order valence-corrected chi connectivity index (χ0v) is 18.9. The predicted octanol–water partition coefficient (Wildman–Crippen LogP) is 6.22. The monoisotopic (exact) mass is 416 g/mol. The number of hydrogen-bond acceptors (Lipinski definition) is 2. The van der Waals surface area contributed by atoms with E-state index in [1.54, 1.807) is 0 Å². The number of fused-ring (bicyclic) bond motifs is 2. The molecule has 0 amide bonds. The first-order valence-electron chi connectivity index (χ1n) is 11.4. The Morgan fingerprint density at radius 3 is 2.52 bits per heavy atom. The lowest BCUT2D eigenvalue weighted by atomic mass is 9.91. The summed E-state index contributed by atoms with van der Waals surface area (Å²) >= 11 is 0. The van der Waals surface area contributed by atoms with E-state index in [0.717, 1.165) is 46.6 Å². The highest BCUT2D eigenvalue weighted by Crippen LogP contribution is 2.34. The van der Waals surface area contributed by atoms with E-state index < -0.39 is 0 Å². The molecule has 3 heteroatoms. The summed E-state index contributed by atoms with van der Waals surface area (Å²) in [6.45, 7) is 12.4. The minimum atomic E-state index is -0.0985. The molecule has 0 radical (unpaired) electrons. The van der Waals surface area contributed by atoms with Crippen LogP contribution in [-0.4, -0.2) is 30.1 Å². The third-order valence-corrected chi connectivity index (χ3v) is 6.66. The Bertz CT molecular complexity index is 1010. The molecule has 0 aromatic heterocycles. The van der Waals surface area contributed by atoms with Gasteiger partial charge in [-0.1, -0.05) is 62.1 Å². The van der Waals surface area contributed by atoms with Crippen LogP contribution < -0.4 is 5.32 Å². The van der Waals surface area contributed by atoms with Crippen molar-refractivity contribution in [2.45, 2.75) is 52.1 Å². The fourth-order valence-electron chi connectivity index (χ4n) is 5.04. The molecule has 2 aliphatic heterocycles. The number of halogens is 1. The molecule has 2 bridgehead atoms. The zero-order chi connectivity index (χ0) is 22.0. The molecule has 2 heterocycles. The first-order valence-corrected chi connectivity index (χ1v) is 11.4. The fraction of sp³-hybridized carbons (Fsp3) is 0.357. The van der Waals surface area contributed by atoms with Crippen molar-refractivity contribution in [2.75, 3.05) is 13.1 Å². The predicted molar refractivity (Wildman–Crippen MR) is 130 cm³/mol. The van der Waals surface area contributed by atoms with Crippen molar-refractivity contribution in [3.8, 4) is 0 Å². The number of allylic oxidation sites excluding steroid dienone is 3. The van der Waals surface area contributed by atoms with Crippen molar-refractivity contribution in [3.05, 3.63) is 88.8 Å². The van der Waals surface area contributed by atoms with Gasteiger partial charge in [-0.25, -0.2) is 4.39 Å². The van der Waals surface area contributed by atoms with E-state index in [2.05, 4.69) is 35.0 Å². The van der Waals surface area contributed by atoms with Crippen molar-refractivity contribution in [1.82, 2.24) is 10.2 Å². The normalized spacial score (nSPS) is 21.2. The average Bonchev–Trinajstić information content (AvgIpc) is 3.11. The van der Waals surface area contributed by atoms with Crippen molar-refractivity contribution in [2.24, 2.45) is 0 Å². The summed E-state index contributed by atoms with van der Waals surface area (Å²) in [5.41, 5.74) is 6.46. The Kier molecular flexibility index (Phi) is 6.43. The number of hydrogen-bond donors (Lipinski definition) is 1. The fourth-order valence-corrected chi connectivity index (χ4v) is 5.04. The molecule has 31 heavy (non-hydrogen) atoms. The summed E-state index contributed by atoms with van der Waals surface area (Å²) in [4.78, 5) is 2.36. The maximum Gasteiger partial charge on any atom is 0.134 e. The van der Waals surface area contributed by atoms with Crippen LogP contribution in [-0.2, 0) is 6.42 Å². The molecule has 2 unspecified atom stereocenters. The second-order valence-electron chi connectivity index (χ2n) is 8.87. The third kappa shape index (κ3) is 4.52. The molecule has 2 atom stereocenters. The highest BCUT2D eigenvalue weighted by Gasteiger charge is 2.33. The molecule has 1 N–H and O–H groups in total. The lowest BCUT2D eigenvalue weighted by Gasteiger charge is -2.36. The van der Waals surface area contributed by atoms with E-state index in [9.17, 15) is 0 Å². The lowest BCUT2D eigenvalue weighted by Crippen LogP contribution is -2.50. The van der Waals surface area contributed by atoms with Gasteiger partial charge >= 0.3 is 0 Å². The Morgan fingerprint density at radius 1 is 1.19 bits per heavy atom. The van der Waals surface area contributed by atoms with E-state index in [-0.39, 0.29) is 5.82 Å². The van der Waals surface area contributed by atoms with Gasteiger partial charge in [-0.2, -0.15) is 0 Å². The van der Waals surface area contributed by atoms with E-state index in [1.165, 1.54) is 12.8 Å². The number of likely N-dealkylation sites (tertiary alicyclic amines) is 1. The smallest absolute Gasteiger partial charge is 0.134 e. The average molecular weight is 417 g/mol. The van der Waals surface area contributed by atoms with Crippen molar-refractivity contribution >= 4 is 17.3 Å². The van der Waals surface area contributed by atoms with Crippen molar-refractivity contribution in [1.29, 1.82) is 0 Å². The number of aryl methyl sites for hydroxylation is 1.